The maximum Gasteiger partial charge on any atom is 0.297 e. The van der Waals surface area contributed by atoms with Crippen LogP contribution in [-0.2, 0) is 0 Å². The fourth-order valence-electron chi connectivity index (χ4n) is 1.87. The van der Waals surface area contributed by atoms with E-state index in [1.54, 1.807) is 7.11 Å². The molecule has 3 rings (SSSR count). The van der Waals surface area contributed by atoms with Crippen molar-refractivity contribution in [2.24, 2.45) is 0 Å². The van der Waals surface area contributed by atoms with Gasteiger partial charge in [0.2, 0.25) is 0 Å². The molecule has 0 unspecified atom stereocenters. The zero-order chi connectivity index (χ0) is 10.4. The first-order chi connectivity index (χ1) is 7.29. The van der Waals surface area contributed by atoms with E-state index in [2.05, 4.69) is 31.5 Å². The second-order valence-electron chi connectivity index (χ2n) is 3.83. The molecule has 0 atom stereocenters. The monoisotopic (exact) mass is 266 g/mol. The van der Waals surface area contributed by atoms with E-state index in [0.717, 1.165) is 21.5 Å². The maximum absolute atomic E-state index is 5.31. The quantitative estimate of drug-likeness (QED) is 0.835. The van der Waals surface area contributed by atoms with Crippen LogP contribution in [0.1, 0.15) is 18.9 Å². The van der Waals surface area contributed by atoms with Crippen LogP contribution in [0.5, 0.6) is 6.01 Å². The molecule has 78 valence electrons. The molecule has 1 saturated carbocycles. The predicted octanol–water partition coefficient (Wildman–Crippen LogP) is 3.14. The number of benzene rings is 1. The lowest BCUT2D eigenvalue weighted by Crippen LogP contribution is -1.97. The van der Waals surface area contributed by atoms with Gasteiger partial charge in [0.05, 0.1) is 18.1 Å². The van der Waals surface area contributed by atoms with Crippen molar-refractivity contribution in [3.8, 4) is 6.01 Å². The highest BCUT2D eigenvalue weighted by Gasteiger charge is 2.28. The second kappa shape index (κ2) is 3.23. The van der Waals surface area contributed by atoms with E-state index in [0.29, 0.717) is 6.04 Å². The lowest BCUT2D eigenvalue weighted by molar-refractivity contribution is 0.360. The number of fused-ring (bicyclic) bond motifs is 1. The number of nitrogens with zero attached hydrogens (tertiary/aromatic N) is 2. The Hall–Kier alpha value is -1.03. The van der Waals surface area contributed by atoms with Crippen LogP contribution in [0.15, 0.2) is 22.7 Å². The van der Waals surface area contributed by atoms with Crippen molar-refractivity contribution in [2.45, 2.75) is 18.9 Å². The third-order valence-electron chi connectivity index (χ3n) is 2.71. The minimum Gasteiger partial charge on any atom is -0.468 e. The third kappa shape index (κ3) is 1.44. The first kappa shape index (κ1) is 9.21. The molecule has 1 fully saturated rings. The molecular weight excluding hydrogens is 256 g/mol. The van der Waals surface area contributed by atoms with E-state index >= 15 is 0 Å². The highest BCUT2D eigenvalue weighted by atomic mass is 79.9. The van der Waals surface area contributed by atoms with Gasteiger partial charge in [0.25, 0.3) is 6.01 Å². The SMILES string of the molecule is COc1nc2ccc(Br)cc2n1C1CC1. The topological polar surface area (TPSA) is 27.1 Å². The number of aromatic nitrogens is 2. The molecule has 1 aliphatic carbocycles. The molecule has 1 aliphatic rings. The Labute approximate surface area is 96.2 Å². The number of hydrogen-bond acceptors (Lipinski definition) is 2. The zero-order valence-electron chi connectivity index (χ0n) is 8.40. The molecule has 3 nitrogen and oxygen atoms in total. The molecule has 1 aromatic carbocycles. The van der Waals surface area contributed by atoms with Gasteiger partial charge in [-0.25, -0.2) is 0 Å². The molecule has 2 aromatic rings. The molecule has 4 heteroatoms. The van der Waals surface area contributed by atoms with Gasteiger partial charge >= 0.3 is 0 Å². The Balaban J connectivity index is 2.30. The fourth-order valence-corrected chi connectivity index (χ4v) is 2.22. The average Bonchev–Trinajstić information content (AvgIpc) is 2.99. The van der Waals surface area contributed by atoms with Crippen LogP contribution in [0.4, 0.5) is 0 Å². The van der Waals surface area contributed by atoms with E-state index in [-0.39, 0.29) is 0 Å². The first-order valence-electron chi connectivity index (χ1n) is 5.01. The van der Waals surface area contributed by atoms with Gasteiger partial charge in [-0.2, -0.15) is 4.98 Å². The molecular formula is C11H11BrN2O. The molecule has 0 spiro atoms. The summed E-state index contributed by atoms with van der Waals surface area (Å²) in [6, 6.07) is 7.43. The second-order valence-corrected chi connectivity index (χ2v) is 4.75. The third-order valence-corrected chi connectivity index (χ3v) is 3.21. The maximum atomic E-state index is 5.31. The van der Waals surface area contributed by atoms with Gasteiger partial charge in [0.1, 0.15) is 0 Å². The number of rotatable bonds is 2. The van der Waals surface area contributed by atoms with E-state index < -0.39 is 0 Å². The lowest BCUT2D eigenvalue weighted by atomic mass is 10.3. The van der Waals surface area contributed by atoms with Crippen molar-refractivity contribution < 1.29 is 4.74 Å². The van der Waals surface area contributed by atoms with Crippen molar-refractivity contribution in [2.75, 3.05) is 7.11 Å². The Kier molecular flexibility index (Phi) is 1.99. The highest BCUT2D eigenvalue weighted by Crippen LogP contribution is 2.41. The number of methoxy groups -OCH3 is 1. The van der Waals surface area contributed by atoms with Crippen LogP contribution in [0.2, 0.25) is 0 Å². The normalized spacial score (nSPS) is 15.9. The van der Waals surface area contributed by atoms with Crippen molar-refractivity contribution in [1.29, 1.82) is 0 Å². The zero-order valence-corrected chi connectivity index (χ0v) is 9.99. The first-order valence-corrected chi connectivity index (χ1v) is 5.80. The van der Waals surface area contributed by atoms with Crippen LogP contribution in [0, 0.1) is 0 Å². The van der Waals surface area contributed by atoms with Gasteiger partial charge in [0.15, 0.2) is 0 Å². The summed E-state index contributed by atoms with van der Waals surface area (Å²) >= 11 is 3.49. The summed E-state index contributed by atoms with van der Waals surface area (Å²) in [7, 11) is 1.68. The van der Waals surface area contributed by atoms with Crippen LogP contribution in [0.25, 0.3) is 11.0 Å². The Morgan fingerprint density at radius 3 is 2.93 bits per heavy atom. The Morgan fingerprint density at radius 1 is 1.47 bits per heavy atom. The molecule has 15 heavy (non-hydrogen) atoms. The Morgan fingerprint density at radius 2 is 2.27 bits per heavy atom. The lowest BCUT2D eigenvalue weighted by Gasteiger charge is -2.05. The molecule has 0 amide bonds. The van der Waals surface area contributed by atoms with Crippen LogP contribution >= 0.6 is 15.9 Å². The van der Waals surface area contributed by atoms with Crippen molar-refractivity contribution in [1.82, 2.24) is 9.55 Å². The minimum absolute atomic E-state index is 0.583. The summed E-state index contributed by atoms with van der Waals surface area (Å²) in [5.74, 6) is 0. The van der Waals surface area contributed by atoms with Crippen LogP contribution in [0.3, 0.4) is 0 Å². The van der Waals surface area contributed by atoms with E-state index in [1.807, 2.05) is 12.1 Å². The fraction of sp³-hybridized carbons (Fsp3) is 0.364. The Bertz CT molecular complexity index is 517. The van der Waals surface area contributed by atoms with Crippen molar-refractivity contribution >= 4 is 27.0 Å². The number of imidazole rings is 1. The van der Waals surface area contributed by atoms with Gasteiger partial charge in [-0.3, -0.25) is 4.57 Å². The molecule has 0 radical (unpaired) electrons. The summed E-state index contributed by atoms with van der Waals surface area (Å²) in [6.07, 6.45) is 2.46. The molecule has 0 saturated heterocycles. The average molecular weight is 267 g/mol. The number of ether oxygens (including phenoxy) is 1. The summed E-state index contributed by atoms with van der Waals surface area (Å²) < 4.78 is 8.59. The summed E-state index contributed by atoms with van der Waals surface area (Å²) in [5.41, 5.74) is 2.16. The number of hydrogen-bond donors (Lipinski definition) is 0. The molecule has 0 N–H and O–H groups in total. The largest absolute Gasteiger partial charge is 0.468 e. The van der Waals surface area contributed by atoms with Crippen LogP contribution < -0.4 is 4.74 Å². The highest BCUT2D eigenvalue weighted by molar-refractivity contribution is 9.10. The van der Waals surface area contributed by atoms with Gasteiger partial charge in [0, 0.05) is 10.5 Å². The van der Waals surface area contributed by atoms with Gasteiger partial charge in [-0.05, 0) is 31.0 Å². The number of halogens is 1. The molecule has 1 aromatic heterocycles. The molecule has 0 aliphatic heterocycles. The smallest absolute Gasteiger partial charge is 0.297 e. The van der Waals surface area contributed by atoms with Gasteiger partial charge in [-0.1, -0.05) is 15.9 Å². The van der Waals surface area contributed by atoms with Crippen molar-refractivity contribution in [3.05, 3.63) is 22.7 Å². The van der Waals surface area contributed by atoms with Crippen LogP contribution in [-0.4, -0.2) is 16.7 Å². The molecule has 0 bridgehead atoms. The minimum atomic E-state index is 0.583. The van der Waals surface area contributed by atoms with Crippen molar-refractivity contribution in [3.63, 3.8) is 0 Å². The summed E-state index contributed by atoms with van der Waals surface area (Å²) in [4.78, 5) is 4.45. The van der Waals surface area contributed by atoms with Gasteiger partial charge < -0.3 is 4.74 Å². The molecule has 1 heterocycles. The summed E-state index contributed by atoms with van der Waals surface area (Å²) in [5, 5.41) is 0. The van der Waals surface area contributed by atoms with E-state index in [1.165, 1.54) is 12.8 Å². The standard InChI is InChI=1S/C11H11BrN2O/c1-15-11-13-9-5-2-7(12)6-10(9)14(11)8-3-4-8/h2,5-6,8H,3-4H2,1H3. The predicted molar refractivity (Wildman–Crippen MR) is 62.3 cm³/mol. The van der Waals surface area contributed by atoms with E-state index in [4.69, 9.17) is 4.74 Å². The van der Waals surface area contributed by atoms with E-state index in [9.17, 15) is 0 Å². The van der Waals surface area contributed by atoms with Gasteiger partial charge in [-0.15, -0.1) is 0 Å². The summed E-state index contributed by atoms with van der Waals surface area (Å²) in [6.45, 7) is 0.